The van der Waals surface area contributed by atoms with E-state index in [2.05, 4.69) is 31.1 Å². The van der Waals surface area contributed by atoms with Gasteiger partial charge in [0, 0.05) is 36.1 Å². The zero-order valence-corrected chi connectivity index (χ0v) is 18.6. The van der Waals surface area contributed by atoms with Gasteiger partial charge in [-0.05, 0) is 53.5 Å². The standard InChI is InChI=1S/C22H19N7O4S/c30-19(16-3-1-2-8-23-16)25-26-20(31)18-12-34-21(24-18)13-6-9-29(10-7-13)22(32)14-4-5-15-17(11-14)28-33-27-15/h1-5,8,11-13H,6-7,9-10H2,(H,25,30)(H,26,31). The van der Waals surface area contributed by atoms with Gasteiger partial charge in [0.25, 0.3) is 17.7 Å². The third-order valence-electron chi connectivity index (χ3n) is 5.57. The van der Waals surface area contributed by atoms with Crippen LogP contribution >= 0.6 is 11.3 Å². The van der Waals surface area contributed by atoms with Crippen molar-refractivity contribution < 1.29 is 19.0 Å². The lowest BCUT2D eigenvalue weighted by molar-refractivity contribution is 0.0713. The maximum absolute atomic E-state index is 12.9. The van der Waals surface area contributed by atoms with Gasteiger partial charge in [0.2, 0.25) is 0 Å². The number of hydrogen-bond acceptors (Lipinski definition) is 9. The van der Waals surface area contributed by atoms with Crippen molar-refractivity contribution in [1.82, 2.24) is 36.0 Å². The fraction of sp³-hybridized carbons (Fsp3) is 0.227. The van der Waals surface area contributed by atoms with E-state index in [0.717, 1.165) is 17.8 Å². The topological polar surface area (TPSA) is 143 Å². The molecule has 0 bridgehead atoms. The maximum atomic E-state index is 12.9. The summed E-state index contributed by atoms with van der Waals surface area (Å²) >= 11 is 1.40. The number of pyridine rings is 1. The molecule has 4 aromatic rings. The number of nitrogens with zero attached hydrogens (tertiary/aromatic N) is 5. The summed E-state index contributed by atoms with van der Waals surface area (Å²) in [6.45, 7) is 1.17. The molecule has 0 radical (unpaired) electrons. The van der Waals surface area contributed by atoms with Gasteiger partial charge < -0.3 is 4.90 Å². The molecular formula is C22H19N7O4S. The molecule has 1 saturated heterocycles. The van der Waals surface area contributed by atoms with Crippen molar-refractivity contribution in [3.05, 3.63) is 69.9 Å². The summed E-state index contributed by atoms with van der Waals surface area (Å²) in [5, 5.41) is 10.0. The monoisotopic (exact) mass is 477 g/mol. The molecule has 1 aliphatic heterocycles. The minimum absolute atomic E-state index is 0.0637. The van der Waals surface area contributed by atoms with Crippen molar-refractivity contribution in [2.45, 2.75) is 18.8 Å². The highest BCUT2D eigenvalue weighted by atomic mass is 32.1. The number of rotatable bonds is 4. The number of piperidine rings is 1. The summed E-state index contributed by atoms with van der Waals surface area (Å²) < 4.78 is 4.69. The third-order valence-corrected chi connectivity index (χ3v) is 6.58. The van der Waals surface area contributed by atoms with Crippen LogP contribution in [0.1, 0.15) is 55.1 Å². The Morgan fingerprint density at radius 1 is 0.971 bits per heavy atom. The van der Waals surface area contributed by atoms with Crippen molar-refractivity contribution in [2.24, 2.45) is 0 Å². The van der Waals surface area contributed by atoms with E-state index in [1.807, 2.05) is 0 Å². The molecule has 0 atom stereocenters. The summed E-state index contributed by atoms with van der Waals surface area (Å²) in [7, 11) is 0. The van der Waals surface area contributed by atoms with Gasteiger partial charge in [0.15, 0.2) is 0 Å². The molecule has 34 heavy (non-hydrogen) atoms. The van der Waals surface area contributed by atoms with Gasteiger partial charge in [-0.15, -0.1) is 11.3 Å². The molecule has 0 spiro atoms. The molecular weight excluding hydrogens is 458 g/mol. The van der Waals surface area contributed by atoms with Crippen molar-refractivity contribution in [1.29, 1.82) is 0 Å². The summed E-state index contributed by atoms with van der Waals surface area (Å²) in [5.41, 5.74) is 6.82. The first-order chi connectivity index (χ1) is 16.6. The molecule has 3 aromatic heterocycles. The minimum atomic E-state index is -0.514. The van der Waals surface area contributed by atoms with Gasteiger partial charge in [-0.1, -0.05) is 6.07 Å². The lowest BCUT2D eigenvalue weighted by Crippen LogP contribution is -2.42. The molecule has 0 aliphatic carbocycles. The van der Waals surface area contributed by atoms with E-state index in [-0.39, 0.29) is 23.2 Å². The van der Waals surface area contributed by atoms with Crippen molar-refractivity contribution in [2.75, 3.05) is 13.1 Å². The van der Waals surface area contributed by atoms with E-state index in [4.69, 9.17) is 4.63 Å². The average Bonchev–Trinajstić information content (AvgIpc) is 3.57. The van der Waals surface area contributed by atoms with Crippen LogP contribution in [0.25, 0.3) is 11.0 Å². The van der Waals surface area contributed by atoms with Gasteiger partial charge in [0.05, 0.1) is 5.01 Å². The van der Waals surface area contributed by atoms with Gasteiger partial charge in [-0.25, -0.2) is 9.61 Å². The van der Waals surface area contributed by atoms with E-state index >= 15 is 0 Å². The zero-order chi connectivity index (χ0) is 23.5. The van der Waals surface area contributed by atoms with Crippen LogP contribution in [0.2, 0.25) is 0 Å². The molecule has 5 rings (SSSR count). The minimum Gasteiger partial charge on any atom is -0.339 e. The molecule has 2 N–H and O–H groups in total. The average molecular weight is 478 g/mol. The number of amides is 3. The van der Waals surface area contributed by atoms with Crippen LogP contribution in [0.4, 0.5) is 0 Å². The van der Waals surface area contributed by atoms with Crippen LogP contribution in [0.5, 0.6) is 0 Å². The van der Waals surface area contributed by atoms with Crippen molar-refractivity contribution in [3.8, 4) is 0 Å². The number of fused-ring (bicyclic) bond motifs is 1. The molecule has 0 unspecified atom stereocenters. The Bertz CT molecular complexity index is 1350. The van der Waals surface area contributed by atoms with E-state index in [1.165, 1.54) is 17.5 Å². The molecule has 0 saturated carbocycles. The normalized spacial score (nSPS) is 14.2. The van der Waals surface area contributed by atoms with Crippen LogP contribution in [0.15, 0.2) is 52.6 Å². The Kier molecular flexibility index (Phi) is 5.95. The zero-order valence-electron chi connectivity index (χ0n) is 17.8. The van der Waals surface area contributed by atoms with E-state index in [0.29, 0.717) is 29.7 Å². The van der Waals surface area contributed by atoms with Crippen LogP contribution in [-0.4, -0.2) is 56.0 Å². The Balaban J connectivity index is 1.15. The number of carbonyl (C=O) groups is 3. The first kappa shape index (κ1) is 21.6. The van der Waals surface area contributed by atoms with Gasteiger partial charge in [0.1, 0.15) is 22.4 Å². The second-order valence-corrected chi connectivity index (χ2v) is 8.62. The molecule has 1 aromatic carbocycles. The number of likely N-dealkylation sites (tertiary alicyclic amines) is 1. The molecule has 12 heteroatoms. The van der Waals surface area contributed by atoms with Crippen molar-refractivity contribution >= 4 is 40.1 Å². The molecule has 1 aliphatic rings. The summed E-state index contributed by atoms with van der Waals surface area (Å²) in [6.07, 6.45) is 2.98. The highest BCUT2D eigenvalue weighted by molar-refractivity contribution is 7.09. The van der Waals surface area contributed by atoms with Crippen LogP contribution < -0.4 is 10.9 Å². The maximum Gasteiger partial charge on any atom is 0.289 e. The largest absolute Gasteiger partial charge is 0.339 e. The second kappa shape index (κ2) is 9.35. The number of carbonyl (C=O) groups excluding carboxylic acids is 3. The Morgan fingerprint density at radius 2 is 1.74 bits per heavy atom. The van der Waals surface area contributed by atoms with Gasteiger partial charge >= 0.3 is 0 Å². The molecule has 1 fully saturated rings. The lowest BCUT2D eigenvalue weighted by atomic mass is 9.97. The van der Waals surface area contributed by atoms with Gasteiger partial charge in [-0.2, -0.15) is 0 Å². The van der Waals surface area contributed by atoms with Crippen LogP contribution in [-0.2, 0) is 0 Å². The Labute approximate surface area is 197 Å². The van der Waals surface area contributed by atoms with E-state index in [1.54, 1.807) is 46.7 Å². The van der Waals surface area contributed by atoms with Crippen LogP contribution in [0.3, 0.4) is 0 Å². The smallest absolute Gasteiger partial charge is 0.289 e. The number of thiazole rings is 1. The van der Waals surface area contributed by atoms with Gasteiger partial charge in [-0.3, -0.25) is 30.2 Å². The van der Waals surface area contributed by atoms with E-state index < -0.39 is 11.8 Å². The fourth-order valence-electron chi connectivity index (χ4n) is 3.75. The number of aromatic nitrogens is 4. The first-order valence-corrected chi connectivity index (χ1v) is 11.4. The number of hydrazine groups is 1. The fourth-order valence-corrected chi connectivity index (χ4v) is 4.72. The summed E-state index contributed by atoms with van der Waals surface area (Å²) in [4.78, 5) is 47.5. The van der Waals surface area contributed by atoms with E-state index in [9.17, 15) is 14.4 Å². The highest BCUT2D eigenvalue weighted by Crippen LogP contribution is 2.31. The highest BCUT2D eigenvalue weighted by Gasteiger charge is 2.27. The molecule has 3 amide bonds. The van der Waals surface area contributed by atoms with Crippen molar-refractivity contribution in [3.63, 3.8) is 0 Å². The van der Waals surface area contributed by atoms with Crippen LogP contribution in [0, 0.1) is 0 Å². The predicted octanol–water partition coefficient (Wildman–Crippen LogP) is 2.17. The lowest BCUT2D eigenvalue weighted by Gasteiger charge is -2.31. The first-order valence-electron chi connectivity index (χ1n) is 10.6. The third kappa shape index (κ3) is 4.48. The summed E-state index contributed by atoms with van der Waals surface area (Å²) in [6, 6.07) is 10.0. The quantitative estimate of drug-likeness (QED) is 0.426. The molecule has 4 heterocycles. The molecule has 11 nitrogen and oxygen atoms in total. The molecule has 172 valence electrons. The number of nitrogens with one attached hydrogen (secondary N) is 2. The number of benzene rings is 1. The second-order valence-electron chi connectivity index (χ2n) is 7.73. The predicted molar refractivity (Wildman–Crippen MR) is 121 cm³/mol. The SMILES string of the molecule is O=C(NNC(=O)c1csc(C2CCN(C(=O)c3ccc4nonc4c3)CC2)n1)c1ccccn1. The number of hydrogen-bond donors (Lipinski definition) is 2. The Morgan fingerprint density at radius 3 is 2.50 bits per heavy atom. The Hall–Kier alpha value is -4.19. The summed E-state index contributed by atoms with van der Waals surface area (Å²) in [5.74, 6) is -0.926.